The summed E-state index contributed by atoms with van der Waals surface area (Å²) in [6, 6.07) is 4.91. The van der Waals surface area contributed by atoms with E-state index >= 15 is 0 Å². The highest BCUT2D eigenvalue weighted by atomic mass is 16.4. The molecule has 1 aliphatic rings. The lowest BCUT2D eigenvalue weighted by Crippen LogP contribution is -2.32. The summed E-state index contributed by atoms with van der Waals surface area (Å²) in [4.78, 5) is 16.8. The second-order valence-electron chi connectivity index (χ2n) is 4.44. The minimum atomic E-state index is -1.03. The van der Waals surface area contributed by atoms with Crippen molar-refractivity contribution in [3.63, 3.8) is 0 Å². The number of aromatic nitrogens is 1. The molecule has 0 saturated carbocycles. The quantitative estimate of drug-likeness (QED) is 0.823. The van der Waals surface area contributed by atoms with Crippen LogP contribution < -0.4 is 4.90 Å². The Morgan fingerprint density at radius 1 is 1.59 bits per heavy atom. The van der Waals surface area contributed by atoms with Gasteiger partial charge in [0.2, 0.25) is 0 Å². The van der Waals surface area contributed by atoms with Crippen molar-refractivity contribution in [2.75, 3.05) is 18.0 Å². The number of carboxylic acids is 1. The van der Waals surface area contributed by atoms with Gasteiger partial charge in [-0.25, -0.2) is 9.78 Å². The Labute approximate surface area is 99.7 Å². The van der Waals surface area contributed by atoms with Gasteiger partial charge in [-0.1, -0.05) is 13.0 Å². The number of hydrogen-bond donors (Lipinski definition) is 2. The summed E-state index contributed by atoms with van der Waals surface area (Å²) in [5.41, 5.74) is -0.629. The topological polar surface area (TPSA) is 73.7 Å². The van der Waals surface area contributed by atoms with Crippen LogP contribution in [0.2, 0.25) is 0 Å². The van der Waals surface area contributed by atoms with Gasteiger partial charge in [0.1, 0.15) is 5.82 Å². The van der Waals surface area contributed by atoms with E-state index in [1.807, 2.05) is 11.8 Å². The van der Waals surface area contributed by atoms with Crippen LogP contribution in [-0.4, -0.2) is 39.9 Å². The van der Waals surface area contributed by atoms with Crippen LogP contribution >= 0.6 is 0 Å². The number of nitrogens with zero attached hydrogens (tertiary/aromatic N) is 2. The third-order valence-corrected chi connectivity index (χ3v) is 3.27. The van der Waals surface area contributed by atoms with Gasteiger partial charge in [0, 0.05) is 13.1 Å². The van der Waals surface area contributed by atoms with E-state index in [4.69, 9.17) is 5.11 Å². The van der Waals surface area contributed by atoms with Crippen LogP contribution in [0.25, 0.3) is 0 Å². The van der Waals surface area contributed by atoms with Gasteiger partial charge in [-0.05, 0) is 25.0 Å². The number of β-amino-alcohol motifs (C(OH)–C–C–N with tert-alkyl or cyclic N) is 1. The highest BCUT2D eigenvalue weighted by Gasteiger charge is 2.34. The fraction of sp³-hybridized carbons (Fsp3) is 0.500. The van der Waals surface area contributed by atoms with E-state index in [1.54, 1.807) is 12.1 Å². The molecule has 2 rings (SSSR count). The third kappa shape index (κ3) is 2.39. The first-order valence-electron chi connectivity index (χ1n) is 5.72. The van der Waals surface area contributed by atoms with Crippen molar-refractivity contribution in [3.8, 4) is 0 Å². The van der Waals surface area contributed by atoms with E-state index in [2.05, 4.69) is 4.98 Å². The molecular formula is C12H16N2O3. The Morgan fingerprint density at radius 2 is 2.35 bits per heavy atom. The molecule has 1 atom stereocenters. The van der Waals surface area contributed by atoms with E-state index < -0.39 is 11.6 Å². The highest BCUT2D eigenvalue weighted by Crippen LogP contribution is 2.27. The second-order valence-corrected chi connectivity index (χ2v) is 4.44. The monoisotopic (exact) mass is 236 g/mol. The lowest BCUT2D eigenvalue weighted by molar-refractivity contribution is 0.0593. The average molecular weight is 236 g/mol. The van der Waals surface area contributed by atoms with Gasteiger partial charge in [-0.3, -0.25) is 0 Å². The highest BCUT2D eigenvalue weighted by molar-refractivity contribution is 5.85. The van der Waals surface area contributed by atoms with Crippen molar-refractivity contribution < 1.29 is 15.0 Å². The summed E-state index contributed by atoms with van der Waals surface area (Å²) in [6.45, 7) is 3.17. The minimum Gasteiger partial charge on any atom is -0.477 e. The molecule has 5 heteroatoms. The van der Waals surface area contributed by atoms with Gasteiger partial charge in [-0.2, -0.15) is 0 Å². The van der Waals surface area contributed by atoms with E-state index in [0.29, 0.717) is 31.7 Å². The van der Waals surface area contributed by atoms with Gasteiger partial charge in [0.05, 0.1) is 5.60 Å². The molecule has 1 aromatic rings. The van der Waals surface area contributed by atoms with Crippen molar-refractivity contribution in [1.29, 1.82) is 0 Å². The van der Waals surface area contributed by atoms with Crippen molar-refractivity contribution in [1.82, 2.24) is 4.98 Å². The van der Waals surface area contributed by atoms with Crippen molar-refractivity contribution >= 4 is 11.8 Å². The summed E-state index contributed by atoms with van der Waals surface area (Å²) in [5.74, 6) is -0.411. The van der Waals surface area contributed by atoms with Gasteiger partial charge in [-0.15, -0.1) is 0 Å². The van der Waals surface area contributed by atoms with E-state index in [-0.39, 0.29) is 5.69 Å². The molecule has 5 nitrogen and oxygen atoms in total. The van der Waals surface area contributed by atoms with Crippen LogP contribution in [0.3, 0.4) is 0 Å². The fourth-order valence-corrected chi connectivity index (χ4v) is 2.06. The van der Waals surface area contributed by atoms with Crippen molar-refractivity contribution in [3.05, 3.63) is 23.9 Å². The Balaban J connectivity index is 2.19. The molecule has 1 aliphatic heterocycles. The minimum absolute atomic E-state index is 0.0365. The number of hydrogen-bond acceptors (Lipinski definition) is 4. The molecule has 92 valence electrons. The molecule has 0 aliphatic carbocycles. The molecule has 1 aromatic heterocycles. The maximum absolute atomic E-state index is 10.8. The number of rotatable bonds is 3. The van der Waals surface area contributed by atoms with Gasteiger partial charge in [0.25, 0.3) is 0 Å². The molecule has 17 heavy (non-hydrogen) atoms. The van der Waals surface area contributed by atoms with E-state index in [9.17, 15) is 9.90 Å². The number of carbonyl (C=O) groups is 1. The van der Waals surface area contributed by atoms with Crippen LogP contribution in [-0.2, 0) is 0 Å². The van der Waals surface area contributed by atoms with E-state index in [0.717, 1.165) is 0 Å². The summed E-state index contributed by atoms with van der Waals surface area (Å²) in [6.07, 6.45) is 1.39. The molecule has 0 bridgehead atoms. The Morgan fingerprint density at radius 3 is 2.94 bits per heavy atom. The Hall–Kier alpha value is -1.62. The lowest BCUT2D eigenvalue weighted by Gasteiger charge is -2.22. The first kappa shape index (κ1) is 11.9. The fourth-order valence-electron chi connectivity index (χ4n) is 2.06. The SMILES string of the molecule is CCC1(O)CCN(c2cccc(C(=O)O)n2)C1. The Kier molecular flexibility index (Phi) is 3.02. The molecule has 0 radical (unpaired) electrons. The standard InChI is InChI=1S/C12H16N2O3/c1-2-12(17)6-7-14(8-12)10-5-3-4-9(13-10)11(15)16/h3-5,17H,2,6-8H2,1H3,(H,15,16). The van der Waals surface area contributed by atoms with Gasteiger partial charge < -0.3 is 15.1 Å². The van der Waals surface area contributed by atoms with Crippen molar-refractivity contribution in [2.45, 2.75) is 25.4 Å². The number of aromatic carboxylic acids is 1. The predicted octanol–water partition coefficient (Wildman–Crippen LogP) is 1.13. The zero-order chi connectivity index (χ0) is 12.5. The molecule has 1 fully saturated rings. The molecule has 2 N–H and O–H groups in total. The third-order valence-electron chi connectivity index (χ3n) is 3.27. The van der Waals surface area contributed by atoms with Crippen molar-refractivity contribution in [2.24, 2.45) is 0 Å². The number of carboxylic acid groups (broad SMARTS) is 1. The predicted molar refractivity (Wildman–Crippen MR) is 63.3 cm³/mol. The molecule has 1 unspecified atom stereocenters. The van der Waals surface area contributed by atoms with Gasteiger partial charge in [0.15, 0.2) is 5.69 Å². The number of aliphatic hydroxyl groups is 1. The smallest absolute Gasteiger partial charge is 0.354 e. The summed E-state index contributed by atoms with van der Waals surface area (Å²) >= 11 is 0. The zero-order valence-electron chi connectivity index (χ0n) is 9.76. The summed E-state index contributed by atoms with van der Waals surface area (Å²) in [5, 5.41) is 19.0. The lowest BCUT2D eigenvalue weighted by atomic mass is 10.0. The largest absolute Gasteiger partial charge is 0.477 e. The van der Waals surface area contributed by atoms with Crippen LogP contribution in [0.1, 0.15) is 30.3 Å². The Bertz CT molecular complexity index is 436. The molecule has 0 amide bonds. The maximum Gasteiger partial charge on any atom is 0.354 e. The van der Waals surface area contributed by atoms with Crippen LogP contribution in [0.4, 0.5) is 5.82 Å². The van der Waals surface area contributed by atoms with E-state index in [1.165, 1.54) is 6.07 Å². The first-order valence-corrected chi connectivity index (χ1v) is 5.72. The molecule has 2 heterocycles. The molecule has 1 saturated heterocycles. The first-order chi connectivity index (χ1) is 8.04. The summed E-state index contributed by atoms with van der Waals surface area (Å²) < 4.78 is 0. The zero-order valence-corrected chi connectivity index (χ0v) is 9.76. The molecular weight excluding hydrogens is 220 g/mol. The number of anilines is 1. The van der Waals surface area contributed by atoms with Crippen LogP contribution in [0.5, 0.6) is 0 Å². The molecule has 0 spiro atoms. The number of pyridine rings is 1. The van der Waals surface area contributed by atoms with Crippen LogP contribution in [0.15, 0.2) is 18.2 Å². The second kappa shape index (κ2) is 4.33. The molecule has 0 aromatic carbocycles. The van der Waals surface area contributed by atoms with Gasteiger partial charge >= 0.3 is 5.97 Å². The average Bonchev–Trinajstić information content (AvgIpc) is 2.73. The maximum atomic E-state index is 10.8. The normalized spacial score (nSPS) is 24.0. The summed E-state index contributed by atoms with van der Waals surface area (Å²) in [7, 11) is 0. The van der Waals surface area contributed by atoms with Crippen LogP contribution in [0, 0.1) is 0 Å².